The summed E-state index contributed by atoms with van der Waals surface area (Å²) in [6.07, 6.45) is 3.72. The van der Waals surface area contributed by atoms with Crippen LogP contribution in [0, 0.1) is 13.7 Å². The number of hydrogen-bond acceptors (Lipinski definition) is 5. The van der Waals surface area contributed by atoms with Gasteiger partial charge in [-0.3, -0.25) is 0 Å². The largest absolute Gasteiger partial charge is 0.457 e. The second-order valence-corrected chi connectivity index (χ2v) is 24.5. The normalized spacial score (nSPS) is 16.2. The predicted octanol–water partition coefficient (Wildman–Crippen LogP) is 20.1. The molecule has 1 aromatic heterocycles. The van der Waals surface area contributed by atoms with E-state index in [1.165, 1.54) is 33.4 Å². The summed E-state index contributed by atoms with van der Waals surface area (Å²) in [5, 5.41) is 3.34. The minimum atomic E-state index is -2.47. The van der Waals surface area contributed by atoms with Gasteiger partial charge in [0.25, 0.3) is 0 Å². The van der Waals surface area contributed by atoms with Gasteiger partial charge in [0, 0.05) is 54.1 Å². The first kappa shape index (κ1) is 44.3. The van der Waals surface area contributed by atoms with Crippen LogP contribution >= 0.6 is 0 Å². The summed E-state index contributed by atoms with van der Waals surface area (Å²) in [5.74, 6) is 1.57. The van der Waals surface area contributed by atoms with Crippen molar-refractivity contribution in [3.05, 3.63) is 222 Å². The molecule has 8 aromatic carbocycles. The van der Waals surface area contributed by atoms with Crippen molar-refractivity contribution in [3.8, 4) is 56.0 Å². The highest BCUT2D eigenvalue weighted by molar-refractivity contribution is 5.99. The lowest BCUT2D eigenvalue weighted by atomic mass is 9.63. The number of rotatable bonds is 10. The highest BCUT2D eigenvalue weighted by atomic mass is 16.5. The molecular formula is C72H74N4O. The molecule has 2 aliphatic rings. The fourth-order valence-electron chi connectivity index (χ4n) is 11.3. The average Bonchev–Trinajstić information content (AvgIpc) is 3.38. The van der Waals surface area contributed by atoms with Crippen molar-refractivity contribution in [3.63, 3.8) is 0 Å². The molecule has 11 rings (SSSR count). The fraction of sp³-hybridized carbons (Fsp3) is 0.264. The molecule has 5 heteroatoms. The Morgan fingerprint density at radius 3 is 1.83 bits per heavy atom. The number of fused-ring (bicyclic) bond motifs is 2. The summed E-state index contributed by atoms with van der Waals surface area (Å²) in [5.41, 5.74) is 17.5. The SMILES string of the molecule is [2H]C([2H])([2H])c1ccc(-c2ccc(Oc3cccc(N4CN(c5c(-c6ccccc6)cccc5-c5cc(C(C)(C)C)cc(C(C)(C)C)c5)c5ccccc54)c3)cc2)c(Nc2cc(C([2H])([2H])[2H])c(-c3ccc4c(c3)C(C)(C)CCC4(C)C)cn2)c1. The van der Waals surface area contributed by atoms with Crippen molar-refractivity contribution in [2.45, 2.75) is 117 Å². The maximum atomic E-state index is 8.68. The van der Waals surface area contributed by atoms with Gasteiger partial charge in [-0.25, -0.2) is 4.98 Å². The van der Waals surface area contributed by atoms with Crippen molar-refractivity contribution in [1.29, 1.82) is 0 Å². The van der Waals surface area contributed by atoms with Crippen LogP contribution in [0.2, 0.25) is 0 Å². The molecule has 77 heavy (non-hydrogen) atoms. The number of hydrogen-bond donors (Lipinski definition) is 1. The van der Waals surface area contributed by atoms with Gasteiger partial charge in [0.05, 0.1) is 17.1 Å². The van der Waals surface area contributed by atoms with Crippen LogP contribution in [0.3, 0.4) is 0 Å². The number of aryl methyl sites for hydroxylation is 2. The zero-order chi connectivity index (χ0) is 59.0. The lowest BCUT2D eigenvalue weighted by molar-refractivity contribution is 0.332. The number of para-hydroxylation sites is 3. The minimum absolute atomic E-state index is 0.0101. The van der Waals surface area contributed by atoms with Gasteiger partial charge in [0.15, 0.2) is 0 Å². The van der Waals surface area contributed by atoms with Crippen LogP contribution < -0.4 is 19.9 Å². The van der Waals surface area contributed by atoms with Gasteiger partial charge >= 0.3 is 0 Å². The standard InChI is InChI=1S/C72H74N4O/c1-47-28-34-58(64(38-47)74-67-39-48(2)61(45-73-67)51-31-35-62-63(42-51)72(11,12)37-36-71(62,9)10)50-29-32-56(33-30-50)77-57-23-18-22-55(44-57)75-46-76(66-27-17-16-26-65(66)75)68-59(49-20-14-13-15-21-49)24-19-25-60(68)52-40-53(69(3,4)5)43-54(41-52)70(6,7)8/h13-35,38-45H,36-37,46H2,1-12H3,(H,73,74)/i1D3,2D3. The van der Waals surface area contributed by atoms with E-state index >= 15 is 0 Å². The van der Waals surface area contributed by atoms with E-state index in [2.05, 4.69) is 200 Å². The van der Waals surface area contributed by atoms with Crippen LogP contribution in [0.1, 0.15) is 124 Å². The van der Waals surface area contributed by atoms with Crippen molar-refractivity contribution < 1.29 is 13.0 Å². The lowest BCUT2D eigenvalue weighted by Gasteiger charge is -2.42. The summed E-state index contributed by atoms with van der Waals surface area (Å²) in [7, 11) is 0. The Bertz CT molecular complexity index is 3870. The van der Waals surface area contributed by atoms with Gasteiger partial charge in [-0.05, 0) is 152 Å². The van der Waals surface area contributed by atoms with E-state index in [9.17, 15) is 0 Å². The first-order valence-corrected chi connectivity index (χ1v) is 27.1. The molecule has 0 saturated heterocycles. The van der Waals surface area contributed by atoms with Crippen molar-refractivity contribution in [1.82, 2.24) is 4.98 Å². The van der Waals surface area contributed by atoms with E-state index in [0.717, 1.165) is 57.8 Å². The molecule has 0 fully saturated rings. The van der Waals surface area contributed by atoms with Crippen molar-refractivity contribution in [2.75, 3.05) is 21.8 Å². The van der Waals surface area contributed by atoms with Crippen LogP contribution in [-0.2, 0) is 21.7 Å². The van der Waals surface area contributed by atoms with Crippen LogP contribution in [0.15, 0.2) is 188 Å². The highest BCUT2D eigenvalue weighted by Crippen LogP contribution is 2.52. The zero-order valence-electron chi connectivity index (χ0n) is 52.3. The molecule has 1 aliphatic heterocycles. The van der Waals surface area contributed by atoms with Crippen LogP contribution in [0.4, 0.5) is 34.3 Å². The molecule has 388 valence electrons. The van der Waals surface area contributed by atoms with Crippen LogP contribution in [0.25, 0.3) is 44.5 Å². The third kappa shape index (κ3) is 10.2. The third-order valence-electron chi connectivity index (χ3n) is 16.0. The maximum Gasteiger partial charge on any atom is 0.130 e. The molecule has 2 heterocycles. The molecule has 9 aromatic rings. The number of pyridine rings is 1. The van der Waals surface area contributed by atoms with Gasteiger partial charge in [-0.2, -0.15) is 0 Å². The Morgan fingerprint density at radius 2 is 1.14 bits per heavy atom. The number of anilines is 6. The Morgan fingerprint density at radius 1 is 0.506 bits per heavy atom. The summed E-state index contributed by atoms with van der Waals surface area (Å²) in [4.78, 5) is 9.59. The Hall–Kier alpha value is -7.89. The minimum Gasteiger partial charge on any atom is -0.457 e. The van der Waals surface area contributed by atoms with E-state index in [0.29, 0.717) is 35.0 Å². The second-order valence-electron chi connectivity index (χ2n) is 24.5. The molecule has 0 unspecified atom stereocenters. The number of ether oxygens (including phenoxy) is 1. The molecule has 0 atom stereocenters. The third-order valence-corrected chi connectivity index (χ3v) is 16.0. The van der Waals surface area contributed by atoms with Gasteiger partial charge in [-0.15, -0.1) is 0 Å². The van der Waals surface area contributed by atoms with Crippen molar-refractivity contribution >= 4 is 34.3 Å². The van der Waals surface area contributed by atoms with Crippen molar-refractivity contribution in [2.24, 2.45) is 0 Å². The highest BCUT2D eigenvalue weighted by Gasteiger charge is 2.37. The van der Waals surface area contributed by atoms with E-state index in [-0.39, 0.29) is 38.6 Å². The number of benzene rings is 8. The number of nitrogens with one attached hydrogen (secondary N) is 1. The Kier molecular flexibility index (Phi) is 11.3. The van der Waals surface area contributed by atoms with Gasteiger partial charge in [-0.1, -0.05) is 197 Å². The van der Waals surface area contributed by atoms with Crippen LogP contribution in [0.5, 0.6) is 11.5 Å². The van der Waals surface area contributed by atoms with Gasteiger partial charge in [0.1, 0.15) is 24.0 Å². The summed E-state index contributed by atoms with van der Waals surface area (Å²) < 4.78 is 57.6. The summed E-state index contributed by atoms with van der Waals surface area (Å²) in [6.45, 7) is 18.5. The smallest absolute Gasteiger partial charge is 0.130 e. The zero-order valence-corrected chi connectivity index (χ0v) is 46.3. The first-order valence-electron chi connectivity index (χ1n) is 30.1. The van der Waals surface area contributed by atoms with E-state index < -0.39 is 13.7 Å². The fourth-order valence-corrected chi connectivity index (χ4v) is 11.3. The molecule has 0 bridgehead atoms. The molecular weight excluding hydrogens is 937 g/mol. The summed E-state index contributed by atoms with van der Waals surface area (Å²) >= 11 is 0. The molecule has 1 aliphatic carbocycles. The molecule has 0 amide bonds. The Labute approximate surface area is 467 Å². The molecule has 0 radical (unpaired) electrons. The van der Waals surface area contributed by atoms with E-state index in [1.54, 1.807) is 30.5 Å². The lowest BCUT2D eigenvalue weighted by Crippen LogP contribution is -2.33. The van der Waals surface area contributed by atoms with Crippen LogP contribution in [-0.4, -0.2) is 11.7 Å². The molecule has 1 N–H and O–H groups in total. The van der Waals surface area contributed by atoms with Gasteiger partial charge in [0.2, 0.25) is 0 Å². The van der Waals surface area contributed by atoms with E-state index in [4.69, 9.17) is 17.9 Å². The first-order chi connectivity index (χ1) is 39.1. The van der Waals surface area contributed by atoms with Gasteiger partial charge < -0.3 is 19.9 Å². The molecule has 0 saturated carbocycles. The second kappa shape index (κ2) is 19.6. The molecule has 0 spiro atoms. The average molecular weight is 1020 g/mol. The predicted molar refractivity (Wildman–Crippen MR) is 326 cm³/mol. The summed E-state index contributed by atoms with van der Waals surface area (Å²) in [6, 6.07) is 61.9. The Balaban J connectivity index is 0.896. The quantitative estimate of drug-likeness (QED) is 0.148. The van der Waals surface area contributed by atoms with E-state index in [1.807, 2.05) is 42.5 Å². The number of nitrogens with zero attached hydrogens (tertiary/aromatic N) is 3. The topological polar surface area (TPSA) is 40.6 Å². The maximum absolute atomic E-state index is 8.68. The molecule has 5 nitrogen and oxygen atoms in total. The monoisotopic (exact) mass is 1020 g/mol. The number of aromatic nitrogens is 1.